The van der Waals surface area contributed by atoms with Crippen molar-refractivity contribution in [1.29, 1.82) is 0 Å². The van der Waals surface area contributed by atoms with Gasteiger partial charge in [0.15, 0.2) is 28.4 Å². The van der Waals surface area contributed by atoms with E-state index in [0.717, 1.165) is 85.3 Å². The molecule has 8 N–H and O–H groups in total. The van der Waals surface area contributed by atoms with E-state index in [0.29, 0.717) is 50.8 Å². The molecule has 3 radical (unpaired) electrons. The number of carbonyl (C=O) groups excluding carboxylic acids is 2. The standard InChI is InChI=1S/C20H25ClN4O2.C15H17ClN4O.C10H13Cl2N3O.C10H13NO.C8H11NS.C7H9NS.B.Na.H/c1-12-22-17(24-19(26)20(2,3)4)16(21)18(23-12)25-10-6-7-13-11-14(27-5)8-9-15(13)25;1-9-18-14(17)13(16)15(19-9)20-7-3-4-10-8-11(21-2)5-6-12(10)20;1-5-13-7(12)6(11)8(14-5)15-9(16)10(2,3)4;1-12-9-4-5-10-8(7-9)3-2-6-11-10;1-9-7-3-5-8(10-2)6-4-7;1-9-7-4-2-6(8)3-5-7;;;/h8-9,11H,6-7,10H2,1-5H3,(H,22,23,24,26);5-6,8H,3-4,7H2,1-2H3,(H2,17,18,19);1-4H3,(H,13,14,15,16);4-5,7,11H,2-3,6H2,1H3;3-6,9H,1-2H3;2-5H,8H2,1H3;;;/q;;;;;;;+1;-1. The number of methoxy groups -OCH3 is 3. The molecule has 5 aromatic carbocycles. The molecule has 0 bridgehead atoms. The Hall–Kier alpha value is -6.60. The summed E-state index contributed by atoms with van der Waals surface area (Å²) >= 11 is 28.1. The van der Waals surface area contributed by atoms with Crippen molar-refractivity contribution in [2.45, 2.75) is 111 Å². The molecule has 3 aliphatic rings. The van der Waals surface area contributed by atoms with Crippen molar-refractivity contribution in [2.75, 3.05) is 103 Å². The average Bonchev–Trinajstić information content (AvgIpc) is 0.791. The van der Waals surface area contributed by atoms with Gasteiger partial charge in [0, 0.05) is 84.2 Å². The van der Waals surface area contributed by atoms with E-state index in [1.807, 2.05) is 102 Å². The Balaban J connectivity index is 0.000000317. The van der Waals surface area contributed by atoms with E-state index in [2.05, 4.69) is 110 Å². The third-order valence-corrected chi connectivity index (χ3v) is 17.7. The van der Waals surface area contributed by atoms with E-state index < -0.39 is 10.8 Å². The summed E-state index contributed by atoms with van der Waals surface area (Å²) < 4.78 is 15.8. The Bertz CT molecular complexity index is 3880. The number of amides is 2. The zero-order chi connectivity index (χ0) is 69.7. The minimum atomic E-state index is -0.545. The molecule has 0 fully saturated rings. The summed E-state index contributed by atoms with van der Waals surface area (Å²) in [6.07, 6.45) is 10.5. The fraction of sp³-hybridized carbons (Fsp3) is 0.371. The summed E-state index contributed by atoms with van der Waals surface area (Å²) in [5.41, 5.74) is 19.5. The smallest absolute Gasteiger partial charge is 1.00 e. The van der Waals surface area contributed by atoms with Gasteiger partial charge in [-0.3, -0.25) is 9.59 Å². The number of thioether (sulfide) groups is 2. The van der Waals surface area contributed by atoms with Crippen LogP contribution in [0.15, 0.2) is 113 Å². The number of hydrogen-bond acceptors (Lipinski definition) is 19. The molecule has 2 amide bonds. The normalized spacial score (nSPS) is 12.4. The molecule has 11 rings (SSSR count). The van der Waals surface area contributed by atoms with Gasteiger partial charge in [0.25, 0.3) is 0 Å². The number of benzene rings is 5. The number of nitrogen functional groups attached to an aromatic ring is 2. The fourth-order valence-electron chi connectivity index (χ4n) is 9.53. The SMILES string of the molecule is CNc1ccc(SC)cc1.COc1ccc2c(c1)CCCN2.COc1ccc2c(c1)CCCN2c1nc(C)nc(N)c1Cl.COc1ccc2c(c1)CCCN2c1nc(C)nc(NC(=O)C(C)(C)C)c1Cl.CSc1ccc(N)cc1.Cc1nc(Cl)c(Cl)c(NC(=O)C(C)(C)C)n1.[B].[H-].[Na+]. The van der Waals surface area contributed by atoms with Crippen LogP contribution in [0.3, 0.4) is 0 Å². The van der Waals surface area contributed by atoms with Crippen LogP contribution in [-0.2, 0) is 28.9 Å². The van der Waals surface area contributed by atoms with Gasteiger partial charge in [-0.2, -0.15) is 0 Å². The largest absolute Gasteiger partial charge is 1.00 e. The Kier molecular flexibility index (Phi) is 33.5. The number of hydrogen-bond donors (Lipinski definition) is 6. The summed E-state index contributed by atoms with van der Waals surface area (Å²) in [7, 11) is 6.97. The van der Waals surface area contributed by atoms with Gasteiger partial charge in [0.2, 0.25) is 11.8 Å². The van der Waals surface area contributed by atoms with Crippen molar-refractivity contribution in [3.63, 3.8) is 0 Å². The molecule has 8 aromatic rings. The quantitative estimate of drug-likeness (QED) is 0.0322. The van der Waals surface area contributed by atoms with Gasteiger partial charge >= 0.3 is 29.6 Å². The molecule has 3 aromatic heterocycles. The molecule has 6 heterocycles. The third kappa shape index (κ3) is 24.4. The first kappa shape index (κ1) is 82.8. The Morgan fingerprint density at radius 2 is 0.969 bits per heavy atom. The third-order valence-electron chi connectivity index (χ3n) is 14.7. The van der Waals surface area contributed by atoms with Crippen LogP contribution in [0.1, 0.15) is 96.4 Å². The fourth-order valence-corrected chi connectivity index (χ4v) is 11.1. The Morgan fingerprint density at radius 1 is 0.557 bits per heavy atom. The molecule has 27 heteroatoms. The number of anilines is 10. The molecule has 97 heavy (non-hydrogen) atoms. The first-order valence-electron chi connectivity index (χ1n) is 30.8. The molecule has 19 nitrogen and oxygen atoms in total. The molecule has 0 aliphatic carbocycles. The Morgan fingerprint density at radius 3 is 1.42 bits per heavy atom. The van der Waals surface area contributed by atoms with Gasteiger partial charge in [-0.05, 0) is 192 Å². The van der Waals surface area contributed by atoms with Gasteiger partial charge in [-0.25, -0.2) is 29.9 Å². The zero-order valence-electron chi connectivity index (χ0n) is 59.4. The van der Waals surface area contributed by atoms with Gasteiger partial charge < -0.3 is 58.2 Å². The van der Waals surface area contributed by atoms with Crippen molar-refractivity contribution in [3.8, 4) is 17.2 Å². The second kappa shape index (κ2) is 39.3. The molecule has 0 atom stereocenters. The summed E-state index contributed by atoms with van der Waals surface area (Å²) in [5.74, 6) is 6.16. The number of nitrogens with two attached hydrogens (primary N) is 2. The van der Waals surface area contributed by atoms with Gasteiger partial charge in [0.05, 0.1) is 21.3 Å². The molecule has 0 saturated carbocycles. The van der Waals surface area contributed by atoms with Crippen LogP contribution >= 0.6 is 69.9 Å². The second-order valence-corrected chi connectivity index (χ2v) is 27.2. The number of nitrogens with one attached hydrogen (secondary N) is 4. The van der Waals surface area contributed by atoms with E-state index >= 15 is 0 Å². The average molecular weight is 1450 g/mol. The first-order valence-corrected chi connectivity index (χ1v) is 34.7. The van der Waals surface area contributed by atoms with Crippen LogP contribution < -0.4 is 86.3 Å². The predicted molar refractivity (Wildman–Crippen MR) is 405 cm³/mol. The van der Waals surface area contributed by atoms with Crippen LogP contribution in [0.25, 0.3) is 0 Å². The van der Waals surface area contributed by atoms with Crippen molar-refractivity contribution >= 4 is 148 Å². The maximum Gasteiger partial charge on any atom is 1.00 e. The minimum absolute atomic E-state index is 0. The molecular weight excluding hydrogens is 1360 g/mol. The van der Waals surface area contributed by atoms with E-state index in [4.69, 9.17) is 72.1 Å². The van der Waals surface area contributed by atoms with Crippen LogP contribution in [-0.4, -0.2) is 111 Å². The number of ether oxygens (including phenoxy) is 3. The number of nitrogens with zero attached hydrogens (tertiary/aromatic N) is 8. The van der Waals surface area contributed by atoms with Crippen LogP contribution in [0.5, 0.6) is 17.2 Å². The van der Waals surface area contributed by atoms with Crippen molar-refractivity contribution < 1.29 is 54.8 Å². The summed E-state index contributed by atoms with van der Waals surface area (Å²) in [4.78, 5) is 56.3. The molecule has 0 spiro atoms. The number of halogens is 4. The van der Waals surface area contributed by atoms with E-state index in [1.165, 1.54) is 45.0 Å². The van der Waals surface area contributed by atoms with Gasteiger partial charge in [0.1, 0.15) is 55.6 Å². The molecule has 3 aliphatic heterocycles. The van der Waals surface area contributed by atoms with E-state index in [-0.39, 0.29) is 67.2 Å². The second-order valence-electron chi connectivity index (χ2n) is 24.0. The molecule has 0 unspecified atom stereocenters. The monoisotopic (exact) mass is 1440 g/mol. The first-order chi connectivity index (χ1) is 45.1. The zero-order valence-corrected chi connectivity index (χ0v) is 65.0. The maximum absolute atomic E-state index is 12.4. The van der Waals surface area contributed by atoms with E-state index in [9.17, 15) is 9.59 Å². The van der Waals surface area contributed by atoms with Crippen molar-refractivity contribution in [1.82, 2.24) is 29.9 Å². The summed E-state index contributed by atoms with van der Waals surface area (Å²) in [5, 5.41) is 12.9. The Labute approximate surface area is 626 Å². The summed E-state index contributed by atoms with van der Waals surface area (Å²) in [6, 6.07) is 34.5. The van der Waals surface area contributed by atoms with Crippen LogP contribution in [0, 0.1) is 31.6 Å². The van der Waals surface area contributed by atoms with Crippen LogP contribution in [0.4, 0.5) is 57.5 Å². The number of aromatic nitrogens is 6. The summed E-state index contributed by atoms with van der Waals surface area (Å²) in [6.45, 7) is 19.0. The molecule has 0 saturated heterocycles. The predicted octanol–water partition coefficient (Wildman–Crippen LogP) is 13.9. The van der Waals surface area contributed by atoms with Crippen molar-refractivity contribution in [3.05, 3.63) is 158 Å². The number of aryl methyl sites for hydroxylation is 6. The molecule has 513 valence electrons. The minimum Gasteiger partial charge on any atom is -1.00 e. The number of rotatable bonds is 10. The van der Waals surface area contributed by atoms with E-state index in [1.54, 1.807) is 79.5 Å². The molecular formula is C70H89BCl4N14NaO5S2. The number of carbonyl (C=O) groups is 2. The topological polar surface area (TPSA) is 246 Å². The van der Waals surface area contributed by atoms with Crippen molar-refractivity contribution in [2.24, 2.45) is 10.8 Å². The maximum atomic E-state index is 12.4. The van der Waals surface area contributed by atoms with Gasteiger partial charge in [-0.1, -0.05) is 87.9 Å². The van der Waals surface area contributed by atoms with Crippen LogP contribution in [0.2, 0.25) is 20.2 Å². The van der Waals surface area contributed by atoms with Gasteiger partial charge in [-0.15, -0.1) is 23.5 Å². The number of fused-ring (bicyclic) bond motifs is 3.